The lowest BCUT2D eigenvalue weighted by atomic mass is 10.1. The largest absolute Gasteiger partial charge is 0.383 e. The molecule has 0 aliphatic heterocycles. The molecule has 1 aromatic heterocycles. The third-order valence-electron chi connectivity index (χ3n) is 2.61. The molecule has 0 unspecified atom stereocenters. The van der Waals surface area contributed by atoms with Gasteiger partial charge in [-0.15, -0.1) is 0 Å². The summed E-state index contributed by atoms with van der Waals surface area (Å²) in [5.41, 5.74) is -0.582. The van der Waals surface area contributed by atoms with Crippen molar-refractivity contribution in [3.05, 3.63) is 22.7 Å². The SMILES string of the molecule is COCCNC(=O)CNc1nccn(C(C)(C)C)c1=O. The van der Waals surface area contributed by atoms with E-state index in [0.29, 0.717) is 13.2 Å². The van der Waals surface area contributed by atoms with Gasteiger partial charge in [0, 0.05) is 31.6 Å². The van der Waals surface area contributed by atoms with Crippen LogP contribution in [0.1, 0.15) is 20.8 Å². The number of methoxy groups -OCH3 is 1. The molecule has 2 N–H and O–H groups in total. The second-order valence-corrected chi connectivity index (χ2v) is 5.32. The van der Waals surface area contributed by atoms with E-state index in [1.165, 1.54) is 6.20 Å². The highest BCUT2D eigenvalue weighted by Crippen LogP contribution is 2.10. The first-order valence-corrected chi connectivity index (χ1v) is 6.44. The van der Waals surface area contributed by atoms with Gasteiger partial charge >= 0.3 is 0 Å². The monoisotopic (exact) mass is 282 g/mol. The maximum atomic E-state index is 12.2. The van der Waals surface area contributed by atoms with Crippen LogP contribution in [0.15, 0.2) is 17.2 Å². The van der Waals surface area contributed by atoms with Crippen LogP contribution < -0.4 is 16.2 Å². The van der Waals surface area contributed by atoms with Crippen molar-refractivity contribution < 1.29 is 9.53 Å². The Morgan fingerprint density at radius 2 is 2.15 bits per heavy atom. The molecule has 0 atom stereocenters. The summed E-state index contributed by atoms with van der Waals surface area (Å²) in [4.78, 5) is 27.7. The van der Waals surface area contributed by atoms with E-state index in [9.17, 15) is 9.59 Å². The zero-order valence-electron chi connectivity index (χ0n) is 12.4. The van der Waals surface area contributed by atoms with Gasteiger partial charge in [0.1, 0.15) is 0 Å². The van der Waals surface area contributed by atoms with Crippen molar-refractivity contribution in [3.63, 3.8) is 0 Å². The minimum absolute atomic E-state index is 0.000110. The number of carbonyl (C=O) groups is 1. The Hall–Kier alpha value is -1.89. The van der Waals surface area contributed by atoms with E-state index in [1.54, 1.807) is 17.9 Å². The lowest BCUT2D eigenvalue weighted by molar-refractivity contribution is -0.119. The van der Waals surface area contributed by atoms with Gasteiger partial charge in [-0.25, -0.2) is 4.98 Å². The van der Waals surface area contributed by atoms with E-state index >= 15 is 0 Å². The van der Waals surface area contributed by atoms with Crippen LogP contribution in [0.4, 0.5) is 5.82 Å². The number of hydrogen-bond acceptors (Lipinski definition) is 5. The molecule has 112 valence electrons. The summed E-state index contributed by atoms with van der Waals surface area (Å²) in [5.74, 6) is -0.0428. The summed E-state index contributed by atoms with van der Waals surface area (Å²) in [6.45, 7) is 6.67. The molecular weight excluding hydrogens is 260 g/mol. The van der Waals surface area contributed by atoms with Crippen LogP contribution in [-0.2, 0) is 15.1 Å². The summed E-state index contributed by atoms with van der Waals surface area (Å²) in [6, 6.07) is 0. The Balaban J connectivity index is 2.66. The average Bonchev–Trinajstić information content (AvgIpc) is 2.36. The van der Waals surface area contributed by atoms with Crippen molar-refractivity contribution in [1.29, 1.82) is 0 Å². The summed E-state index contributed by atoms with van der Waals surface area (Å²) >= 11 is 0. The molecule has 0 spiro atoms. The van der Waals surface area contributed by atoms with Gasteiger partial charge in [-0.05, 0) is 20.8 Å². The molecule has 0 saturated carbocycles. The van der Waals surface area contributed by atoms with Crippen molar-refractivity contribution in [2.75, 3.05) is 32.1 Å². The van der Waals surface area contributed by atoms with E-state index in [0.717, 1.165) is 0 Å². The fourth-order valence-electron chi connectivity index (χ4n) is 1.58. The van der Waals surface area contributed by atoms with Crippen molar-refractivity contribution in [1.82, 2.24) is 14.9 Å². The normalized spacial score (nSPS) is 11.2. The third kappa shape index (κ3) is 4.65. The fourth-order valence-corrected chi connectivity index (χ4v) is 1.58. The average molecular weight is 282 g/mol. The van der Waals surface area contributed by atoms with Crippen LogP contribution >= 0.6 is 0 Å². The number of anilines is 1. The minimum Gasteiger partial charge on any atom is -0.383 e. The Morgan fingerprint density at radius 3 is 2.75 bits per heavy atom. The summed E-state index contributed by atoms with van der Waals surface area (Å²) in [6.07, 6.45) is 3.17. The first-order valence-electron chi connectivity index (χ1n) is 6.44. The number of rotatable bonds is 6. The van der Waals surface area contributed by atoms with Crippen molar-refractivity contribution in [2.24, 2.45) is 0 Å². The van der Waals surface area contributed by atoms with Gasteiger partial charge in [-0.3, -0.25) is 9.59 Å². The van der Waals surface area contributed by atoms with Crippen LogP contribution in [0.2, 0.25) is 0 Å². The molecule has 0 fully saturated rings. The minimum atomic E-state index is -0.336. The second kappa shape index (κ2) is 7.04. The van der Waals surface area contributed by atoms with Crippen molar-refractivity contribution >= 4 is 11.7 Å². The van der Waals surface area contributed by atoms with Crippen LogP contribution in [-0.4, -0.2) is 42.3 Å². The number of amides is 1. The van der Waals surface area contributed by atoms with Gasteiger partial charge in [0.15, 0.2) is 5.82 Å². The molecule has 0 aliphatic carbocycles. The van der Waals surface area contributed by atoms with E-state index in [2.05, 4.69) is 15.6 Å². The molecule has 0 radical (unpaired) electrons. The van der Waals surface area contributed by atoms with E-state index in [4.69, 9.17) is 4.74 Å². The van der Waals surface area contributed by atoms with Gasteiger partial charge in [0.05, 0.1) is 13.2 Å². The molecule has 0 bridgehead atoms. The number of nitrogens with one attached hydrogen (secondary N) is 2. The fraction of sp³-hybridized carbons (Fsp3) is 0.615. The maximum Gasteiger partial charge on any atom is 0.293 e. The zero-order valence-corrected chi connectivity index (χ0v) is 12.4. The predicted octanol–water partition coefficient (Wildman–Crippen LogP) is 0.173. The number of ether oxygens (including phenoxy) is 1. The molecule has 0 aromatic carbocycles. The molecule has 20 heavy (non-hydrogen) atoms. The molecule has 1 heterocycles. The molecule has 1 rings (SSSR count). The highest BCUT2D eigenvalue weighted by Gasteiger charge is 2.16. The van der Waals surface area contributed by atoms with Gasteiger partial charge in [-0.2, -0.15) is 0 Å². The van der Waals surface area contributed by atoms with Gasteiger partial charge in [0.25, 0.3) is 5.56 Å². The number of aromatic nitrogens is 2. The summed E-state index contributed by atoms with van der Waals surface area (Å²) < 4.78 is 6.40. The molecule has 1 aromatic rings. The van der Waals surface area contributed by atoms with E-state index in [-0.39, 0.29) is 29.4 Å². The van der Waals surface area contributed by atoms with Gasteiger partial charge in [-0.1, -0.05) is 0 Å². The molecule has 0 saturated heterocycles. The van der Waals surface area contributed by atoms with Crippen LogP contribution in [0.5, 0.6) is 0 Å². The van der Waals surface area contributed by atoms with Crippen LogP contribution in [0, 0.1) is 0 Å². The summed E-state index contributed by atoms with van der Waals surface area (Å²) in [5, 5.41) is 5.41. The number of nitrogens with zero attached hydrogens (tertiary/aromatic N) is 2. The predicted molar refractivity (Wildman–Crippen MR) is 76.9 cm³/mol. The van der Waals surface area contributed by atoms with Gasteiger partial charge < -0.3 is 19.9 Å². The molecule has 0 aliphatic rings. The zero-order chi connectivity index (χ0) is 15.2. The van der Waals surface area contributed by atoms with Gasteiger partial charge in [0.2, 0.25) is 5.91 Å². The van der Waals surface area contributed by atoms with E-state index < -0.39 is 0 Å². The summed E-state index contributed by atoms with van der Waals surface area (Å²) in [7, 11) is 1.56. The molecule has 7 nitrogen and oxygen atoms in total. The highest BCUT2D eigenvalue weighted by molar-refractivity contribution is 5.80. The van der Waals surface area contributed by atoms with Crippen LogP contribution in [0.25, 0.3) is 0 Å². The Morgan fingerprint density at radius 1 is 1.45 bits per heavy atom. The molecule has 1 amide bonds. The Bertz CT molecular complexity index is 505. The Kier molecular flexibility index (Phi) is 5.69. The van der Waals surface area contributed by atoms with Crippen molar-refractivity contribution in [3.8, 4) is 0 Å². The number of hydrogen-bond donors (Lipinski definition) is 2. The molecule has 7 heteroatoms. The quantitative estimate of drug-likeness (QED) is 0.727. The lowest BCUT2D eigenvalue weighted by Gasteiger charge is -2.22. The number of carbonyl (C=O) groups excluding carboxylic acids is 1. The second-order valence-electron chi connectivity index (χ2n) is 5.32. The van der Waals surface area contributed by atoms with E-state index in [1.807, 2.05) is 20.8 Å². The topological polar surface area (TPSA) is 85.2 Å². The maximum absolute atomic E-state index is 12.2. The molecular formula is C13H22N4O3. The van der Waals surface area contributed by atoms with Crippen LogP contribution in [0.3, 0.4) is 0 Å². The first-order chi connectivity index (χ1) is 9.36. The standard InChI is InChI=1S/C13H22N4O3/c1-13(2,3)17-7-5-15-11(12(17)19)16-9-10(18)14-6-8-20-4/h5,7H,6,8-9H2,1-4H3,(H,14,18)(H,15,16). The third-order valence-corrected chi connectivity index (χ3v) is 2.61. The highest BCUT2D eigenvalue weighted by atomic mass is 16.5. The lowest BCUT2D eigenvalue weighted by Crippen LogP contribution is -2.37. The Labute approximate surface area is 118 Å². The smallest absolute Gasteiger partial charge is 0.293 e. The van der Waals surface area contributed by atoms with Crippen molar-refractivity contribution in [2.45, 2.75) is 26.3 Å². The first kappa shape index (κ1) is 16.2.